The van der Waals surface area contributed by atoms with Gasteiger partial charge in [-0.3, -0.25) is 9.78 Å². The Bertz CT molecular complexity index is 866. The van der Waals surface area contributed by atoms with Gasteiger partial charge in [0.05, 0.1) is 5.71 Å². The molecule has 0 saturated heterocycles. The summed E-state index contributed by atoms with van der Waals surface area (Å²) >= 11 is 0. The summed E-state index contributed by atoms with van der Waals surface area (Å²) in [6.07, 6.45) is 4.32. The van der Waals surface area contributed by atoms with Crippen molar-refractivity contribution in [3.05, 3.63) is 102 Å². The smallest absolute Gasteiger partial charge is 0.243 e. The molecule has 0 bridgehead atoms. The molecule has 2 aromatic carbocycles. The molecule has 4 rings (SSSR count). The standard InChI is InChI=1S/C22H19N3O/c26-22(20-15-19(20)16-7-3-1-4-8-16)25-24-21(17-9-5-2-6-10-17)18-11-13-23-14-12-18/h1-14,19-20H,15H2,(H,25,26)/b24-21-/t19-,20+/m0/s1. The molecule has 0 radical (unpaired) electrons. The van der Waals surface area contributed by atoms with E-state index in [1.165, 1.54) is 5.56 Å². The molecule has 0 spiro atoms. The van der Waals surface area contributed by atoms with Gasteiger partial charge in [-0.2, -0.15) is 5.10 Å². The molecule has 1 fully saturated rings. The maximum Gasteiger partial charge on any atom is 0.243 e. The van der Waals surface area contributed by atoms with Crippen LogP contribution in [-0.4, -0.2) is 16.6 Å². The second kappa shape index (κ2) is 7.31. The van der Waals surface area contributed by atoms with Gasteiger partial charge in [0.15, 0.2) is 0 Å². The van der Waals surface area contributed by atoms with Crippen molar-refractivity contribution in [1.29, 1.82) is 0 Å². The first-order valence-corrected chi connectivity index (χ1v) is 8.71. The van der Waals surface area contributed by atoms with E-state index >= 15 is 0 Å². The number of pyridine rings is 1. The molecule has 128 valence electrons. The molecule has 26 heavy (non-hydrogen) atoms. The van der Waals surface area contributed by atoms with Crippen LogP contribution in [0.5, 0.6) is 0 Å². The number of nitrogens with zero attached hydrogens (tertiary/aromatic N) is 2. The normalized spacial score (nSPS) is 19.0. The van der Waals surface area contributed by atoms with Gasteiger partial charge in [-0.05, 0) is 30.0 Å². The lowest BCUT2D eigenvalue weighted by Gasteiger charge is -2.08. The Hall–Kier alpha value is -3.27. The Morgan fingerprint density at radius 2 is 1.50 bits per heavy atom. The second-order valence-corrected chi connectivity index (χ2v) is 6.40. The molecule has 2 atom stereocenters. The summed E-state index contributed by atoms with van der Waals surface area (Å²) in [4.78, 5) is 16.6. The molecule has 1 heterocycles. The van der Waals surface area contributed by atoms with E-state index in [1.807, 2.05) is 60.7 Å². The molecule has 0 aliphatic heterocycles. The van der Waals surface area contributed by atoms with E-state index in [2.05, 4.69) is 27.6 Å². The number of benzene rings is 2. The van der Waals surface area contributed by atoms with E-state index in [0.717, 1.165) is 23.3 Å². The number of carbonyl (C=O) groups is 1. The van der Waals surface area contributed by atoms with E-state index in [9.17, 15) is 4.79 Å². The van der Waals surface area contributed by atoms with Crippen LogP contribution in [0.2, 0.25) is 0 Å². The lowest BCUT2D eigenvalue weighted by atomic mass is 10.0. The zero-order valence-electron chi connectivity index (χ0n) is 14.2. The minimum atomic E-state index is -0.0265. The third kappa shape index (κ3) is 3.54. The molecule has 1 amide bonds. The van der Waals surface area contributed by atoms with Crippen LogP contribution in [0.25, 0.3) is 0 Å². The maximum atomic E-state index is 12.5. The molecule has 1 aliphatic carbocycles. The summed E-state index contributed by atoms with van der Waals surface area (Å²) in [6.45, 7) is 0. The van der Waals surface area contributed by atoms with Crippen molar-refractivity contribution in [2.24, 2.45) is 11.0 Å². The van der Waals surface area contributed by atoms with E-state index < -0.39 is 0 Å². The zero-order valence-corrected chi connectivity index (χ0v) is 14.2. The number of nitrogens with one attached hydrogen (secondary N) is 1. The Labute approximate surface area is 152 Å². The summed E-state index contributed by atoms with van der Waals surface area (Å²) in [7, 11) is 0. The fourth-order valence-corrected chi connectivity index (χ4v) is 3.15. The van der Waals surface area contributed by atoms with E-state index in [4.69, 9.17) is 0 Å². The van der Waals surface area contributed by atoms with Gasteiger partial charge < -0.3 is 0 Å². The highest BCUT2D eigenvalue weighted by atomic mass is 16.2. The monoisotopic (exact) mass is 341 g/mol. The van der Waals surface area contributed by atoms with Gasteiger partial charge in [0.25, 0.3) is 0 Å². The van der Waals surface area contributed by atoms with Crippen LogP contribution in [0.15, 0.2) is 90.3 Å². The van der Waals surface area contributed by atoms with Gasteiger partial charge in [0.1, 0.15) is 0 Å². The minimum Gasteiger partial charge on any atom is -0.273 e. The third-order valence-electron chi connectivity index (χ3n) is 4.63. The molecule has 3 aromatic rings. The first kappa shape index (κ1) is 16.2. The topological polar surface area (TPSA) is 54.4 Å². The average Bonchev–Trinajstić information content (AvgIpc) is 3.51. The average molecular weight is 341 g/mol. The number of hydrazone groups is 1. The van der Waals surface area contributed by atoms with Crippen LogP contribution in [0.1, 0.15) is 29.0 Å². The minimum absolute atomic E-state index is 0.00406. The zero-order chi connectivity index (χ0) is 17.8. The fraction of sp³-hybridized carbons (Fsp3) is 0.136. The molecular formula is C22H19N3O. The van der Waals surface area contributed by atoms with Crippen molar-refractivity contribution in [2.45, 2.75) is 12.3 Å². The summed E-state index contributed by atoms with van der Waals surface area (Å²) in [5.41, 5.74) is 6.59. The van der Waals surface area contributed by atoms with Gasteiger partial charge in [0, 0.05) is 29.4 Å². The Balaban J connectivity index is 1.52. The Morgan fingerprint density at radius 1 is 0.885 bits per heavy atom. The molecule has 1 aromatic heterocycles. The number of hydrogen-bond donors (Lipinski definition) is 1. The van der Waals surface area contributed by atoms with Crippen LogP contribution in [0.3, 0.4) is 0 Å². The molecule has 1 saturated carbocycles. The Kier molecular flexibility index (Phi) is 4.56. The summed E-state index contributed by atoms with van der Waals surface area (Å²) < 4.78 is 0. The van der Waals surface area contributed by atoms with Crippen molar-refractivity contribution < 1.29 is 4.79 Å². The summed E-state index contributed by atoms with van der Waals surface area (Å²) in [5.74, 6) is 0.268. The van der Waals surface area contributed by atoms with Crippen LogP contribution < -0.4 is 5.43 Å². The molecule has 4 heteroatoms. The quantitative estimate of drug-likeness (QED) is 0.567. The van der Waals surface area contributed by atoms with Gasteiger partial charge in [-0.25, -0.2) is 5.43 Å². The number of rotatable bonds is 5. The van der Waals surface area contributed by atoms with Crippen LogP contribution in [0.4, 0.5) is 0 Å². The van der Waals surface area contributed by atoms with Crippen LogP contribution >= 0.6 is 0 Å². The predicted octanol–water partition coefficient (Wildman–Crippen LogP) is 3.75. The number of aromatic nitrogens is 1. The predicted molar refractivity (Wildman–Crippen MR) is 102 cm³/mol. The SMILES string of the molecule is O=C(N/N=C(/c1ccccc1)c1ccncc1)[C@@H]1C[C@H]1c1ccccc1. The fourth-order valence-electron chi connectivity index (χ4n) is 3.15. The van der Waals surface area contributed by atoms with Crippen LogP contribution in [0, 0.1) is 5.92 Å². The van der Waals surface area contributed by atoms with Crippen molar-refractivity contribution in [3.63, 3.8) is 0 Å². The van der Waals surface area contributed by atoms with Gasteiger partial charge >= 0.3 is 0 Å². The highest BCUT2D eigenvalue weighted by Gasteiger charge is 2.43. The summed E-state index contributed by atoms with van der Waals surface area (Å²) in [6, 6.07) is 23.8. The maximum absolute atomic E-state index is 12.5. The van der Waals surface area contributed by atoms with Gasteiger partial charge in [0.2, 0.25) is 5.91 Å². The van der Waals surface area contributed by atoms with Crippen molar-refractivity contribution >= 4 is 11.6 Å². The largest absolute Gasteiger partial charge is 0.273 e. The lowest BCUT2D eigenvalue weighted by Crippen LogP contribution is -2.22. The highest BCUT2D eigenvalue weighted by molar-refractivity contribution is 6.13. The second-order valence-electron chi connectivity index (χ2n) is 6.40. The van der Waals surface area contributed by atoms with Gasteiger partial charge in [-0.15, -0.1) is 0 Å². The lowest BCUT2D eigenvalue weighted by molar-refractivity contribution is -0.122. The number of amides is 1. The molecule has 1 aliphatic rings. The van der Waals surface area contributed by atoms with Gasteiger partial charge in [-0.1, -0.05) is 60.7 Å². The molecular weight excluding hydrogens is 322 g/mol. The molecule has 1 N–H and O–H groups in total. The van der Waals surface area contributed by atoms with Crippen molar-refractivity contribution in [2.75, 3.05) is 0 Å². The first-order valence-electron chi connectivity index (χ1n) is 8.71. The molecule has 0 unspecified atom stereocenters. The van der Waals surface area contributed by atoms with Crippen LogP contribution in [-0.2, 0) is 4.79 Å². The third-order valence-corrected chi connectivity index (χ3v) is 4.63. The number of carbonyl (C=O) groups excluding carboxylic acids is 1. The summed E-state index contributed by atoms with van der Waals surface area (Å²) in [5, 5.41) is 4.44. The highest BCUT2D eigenvalue weighted by Crippen LogP contribution is 2.47. The molecule has 4 nitrogen and oxygen atoms in total. The first-order chi connectivity index (χ1) is 12.8. The number of hydrogen-bond acceptors (Lipinski definition) is 3. The van der Waals surface area contributed by atoms with E-state index in [0.29, 0.717) is 5.92 Å². The Morgan fingerprint density at radius 3 is 2.19 bits per heavy atom. The van der Waals surface area contributed by atoms with E-state index in [1.54, 1.807) is 12.4 Å². The van der Waals surface area contributed by atoms with E-state index in [-0.39, 0.29) is 11.8 Å². The van der Waals surface area contributed by atoms with Crippen molar-refractivity contribution in [3.8, 4) is 0 Å². The van der Waals surface area contributed by atoms with Crippen molar-refractivity contribution in [1.82, 2.24) is 10.4 Å².